The predicted molar refractivity (Wildman–Crippen MR) is 68.4 cm³/mol. The number of imidazole rings is 1. The van der Waals surface area contributed by atoms with Crippen molar-refractivity contribution in [3.05, 3.63) is 23.0 Å². The van der Waals surface area contributed by atoms with Gasteiger partial charge in [-0.25, -0.2) is 9.78 Å². The van der Waals surface area contributed by atoms with Crippen LogP contribution >= 0.6 is 11.3 Å². The van der Waals surface area contributed by atoms with Crippen LogP contribution in [0.25, 0.3) is 4.96 Å². The molecule has 2 unspecified atom stereocenters. The van der Waals surface area contributed by atoms with E-state index in [1.165, 1.54) is 24.5 Å². The second-order valence-corrected chi connectivity index (χ2v) is 5.02. The van der Waals surface area contributed by atoms with Crippen LogP contribution in [0, 0.1) is 6.92 Å². The molecule has 102 valence electrons. The molecule has 3 N–H and O–H groups in total. The molecule has 0 aliphatic carbocycles. The first kappa shape index (κ1) is 13.5. The summed E-state index contributed by atoms with van der Waals surface area (Å²) in [5, 5.41) is 22.3. The Hall–Kier alpha value is -1.93. The summed E-state index contributed by atoms with van der Waals surface area (Å²) < 4.78 is 1.75. The lowest BCUT2D eigenvalue weighted by atomic mass is 10.2. The molecule has 8 heteroatoms. The number of aryl methyl sites for hydroxylation is 1. The van der Waals surface area contributed by atoms with Crippen LogP contribution in [-0.4, -0.2) is 43.6 Å². The van der Waals surface area contributed by atoms with E-state index in [0.29, 0.717) is 4.96 Å². The summed E-state index contributed by atoms with van der Waals surface area (Å²) >= 11 is 1.39. The molecule has 0 aliphatic heterocycles. The molecule has 0 fully saturated rings. The monoisotopic (exact) mass is 283 g/mol. The first-order valence-corrected chi connectivity index (χ1v) is 6.43. The Bertz CT molecular complexity index is 631. The summed E-state index contributed by atoms with van der Waals surface area (Å²) in [5.74, 6) is -1.91. The fourth-order valence-electron chi connectivity index (χ4n) is 1.61. The zero-order valence-electron chi connectivity index (χ0n) is 10.3. The van der Waals surface area contributed by atoms with Gasteiger partial charge in [0.15, 0.2) is 11.0 Å². The molecular weight excluding hydrogens is 270 g/mol. The highest BCUT2D eigenvalue weighted by atomic mass is 32.1. The molecule has 2 heterocycles. The maximum atomic E-state index is 11.9. The van der Waals surface area contributed by atoms with Gasteiger partial charge in [-0.05, 0) is 13.8 Å². The van der Waals surface area contributed by atoms with Crippen LogP contribution in [0.2, 0.25) is 0 Å². The van der Waals surface area contributed by atoms with E-state index >= 15 is 0 Å². The number of nitrogens with one attached hydrogen (secondary N) is 1. The zero-order chi connectivity index (χ0) is 14.2. The van der Waals surface area contributed by atoms with Gasteiger partial charge in [-0.3, -0.25) is 9.20 Å². The van der Waals surface area contributed by atoms with E-state index in [9.17, 15) is 14.7 Å². The standard InChI is InChI=1S/C11H13N3O4S/c1-5-4-19-11-12-7(3-14(5)11)9(16)13-8(6(2)15)10(17)18/h3-4,6,8,15H,1-2H3,(H,13,16)(H,17,18). The molecule has 0 saturated carbocycles. The van der Waals surface area contributed by atoms with Crippen LogP contribution in [0.15, 0.2) is 11.6 Å². The van der Waals surface area contributed by atoms with E-state index in [-0.39, 0.29) is 5.69 Å². The highest BCUT2D eigenvalue weighted by Crippen LogP contribution is 2.15. The summed E-state index contributed by atoms with van der Waals surface area (Å²) in [7, 11) is 0. The van der Waals surface area contributed by atoms with Crippen LogP contribution in [0.1, 0.15) is 23.1 Å². The van der Waals surface area contributed by atoms with E-state index < -0.39 is 24.0 Å². The SMILES string of the molecule is Cc1csc2nc(C(=O)NC(C(=O)O)C(C)O)cn12. The number of carboxylic acids is 1. The van der Waals surface area contributed by atoms with E-state index in [1.54, 1.807) is 4.40 Å². The van der Waals surface area contributed by atoms with E-state index in [4.69, 9.17) is 5.11 Å². The molecule has 1 amide bonds. The van der Waals surface area contributed by atoms with Gasteiger partial charge < -0.3 is 15.5 Å². The fraction of sp³-hybridized carbons (Fsp3) is 0.364. The smallest absolute Gasteiger partial charge is 0.328 e. The van der Waals surface area contributed by atoms with Gasteiger partial charge in [-0.2, -0.15) is 0 Å². The minimum atomic E-state index is -1.35. The highest BCUT2D eigenvalue weighted by Gasteiger charge is 2.26. The Morgan fingerprint density at radius 3 is 2.74 bits per heavy atom. The number of aliphatic hydroxyl groups is 1. The van der Waals surface area contributed by atoms with Gasteiger partial charge in [0.05, 0.1) is 6.10 Å². The molecule has 0 spiro atoms. The minimum absolute atomic E-state index is 0.127. The lowest BCUT2D eigenvalue weighted by Crippen LogP contribution is -2.47. The molecule has 2 atom stereocenters. The van der Waals surface area contributed by atoms with Gasteiger partial charge in [0.2, 0.25) is 0 Å². The van der Waals surface area contributed by atoms with Crippen molar-refractivity contribution >= 4 is 28.2 Å². The molecule has 2 rings (SSSR count). The van der Waals surface area contributed by atoms with Crippen molar-refractivity contribution in [2.45, 2.75) is 26.0 Å². The number of carbonyl (C=O) groups excluding carboxylic acids is 1. The number of nitrogens with zero attached hydrogens (tertiary/aromatic N) is 2. The lowest BCUT2D eigenvalue weighted by Gasteiger charge is -2.15. The van der Waals surface area contributed by atoms with Crippen LogP contribution in [0.3, 0.4) is 0 Å². The zero-order valence-corrected chi connectivity index (χ0v) is 11.1. The maximum Gasteiger partial charge on any atom is 0.328 e. The van der Waals surface area contributed by atoms with Crippen LogP contribution in [0.4, 0.5) is 0 Å². The minimum Gasteiger partial charge on any atom is -0.480 e. The molecular formula is C11H13N3O4S. The third-order valence-corrected chi connectivity index (χ3v) is 3.61. The second kappa shape index (κ2) is 4.98. The van der Waals surface area contributed by atoms with E-state index in [2.05, 4.69) is 10.3 Å². The van der Waals surface area contributed by atoms with Gasteiger partial charge >= 0.3 is 5.97 Å². The number of fused-ring (bicyclic) bond motifs is 1. The number of aliphatic carboxylic acids is 1. The van der Waals surface area contributed by atoms with Crippen molar-refractivity contribution in [3.63, 3.8) is 0 Å². The molecule has 2 aromatic rings. The van der Waals surface area contributed by atoms with Crippen LogP contribution in [-0.2, 0) is 4.79 Å². The van der Waals surface area contributed by atoms with Crippen molar-refractivity contribution in [1.82, 2.24) is 14.7 Å². The first-order valence-electron chi connectivity index (χ1n) is 5.55. The molecule has 0 radical (unpaired) electrons. The number of amides is 1. The van der Waals surface area contributed by atoms with Crippen molar-refractivity contribution in [2.24, 2.45) is 0 Å². The number of carbonyl (C=O) groups is 2. The van der Waals surface area contributed by atoms with Gasteiger partial charge in [0.25, 0.3) is 5.91 Å². The Labute approximate surface area is 112 Å². The average Bonchev–Trinajstić information content (AvgIpc) is 2.88. The maximum absolute atomic E-state index is 11.9. The molecule has 19 heavy (non-hydrogen) atoms. The number of aliphatic hydroxyl groups excluding tert-OH is 1. The Morgan fingerprint density at radius 1 is 1.53 bits per heavy atom. The molecule has 0 bridgehead atoms. The Kier molecular flexibility index (Phi) is 3.54. The van der Waals surface area contributed by atoms with E-state index in [1.807, 2.05) is 12.3 Å². The van der Waals surface area contributed by atoms with Gasteiger partial charge in [0.1, 0.15) is 5.69 Å². The van der Waals surface area contributed by atoms with Gasteiger partial charge in [-0.1, -0.05) is 0 Å². The summed E-state index contributed by atoms with van der Waals surface area (Å²) in [6.07, 6.45) is 0.351. The number of hydrogen-bond acceptors (Lipinski definition) is 5. The van der Waals surface area contributed by atoms with Crippen molar-refractivity contribution in [2.75, 3.05) is 0 Å². The molecule has 7 nitrogen and oxygen atoms in total. The summed E-state index contributed by atoms with van der Waals surface area (Å²) in [5.41, 5.74) is 1.07. The first-order chi connectivity index (χ1) is 8.90. The van der Waals surface area contributed by atoms with Gasteiger partial charge in [0, 0.05) is 17.3 Å². The number of thiazole rings is 1. The Morgan fingerprint density at radius 2 is 2.21 bits per heavy atom. The number of aromatic nitrogens is 2. The third-order valence-electron chi connectivity index (χ3n) is 2.66. The Balaban J connectivity index is 2.21. The molecule has 2 aromatic heterocycles. The van der Waals surface area contributed by atoms with Gasteiger partial charge in [-0.15, -0.1) is 11.3 Å². The molecule has 0 aromatic carbocycles. The fourth-order valence-corrected chi connectivity index (χ4v) is 2.46. The average molecular weight is 283 g/mol. The van der Waals surface area contributed by atoms with Crippen LogP contribution < -0.4 is 5.32 Å². The number of carboxylic acid groups (broad SMARTS) is 1. The topological polar surface area (TPSA) is 104 Å². The molecule has 0 saturated heterocycles. The number of hydrogen-bond donors (Lipinski definition) is 3. The van der Waals surface area contributed by atoms with Crippen molar-refractivity contribution in [3.8, 4) is 0 Å². The summed E-state index contributed by atoms with van der Waals surface area (Å²) in [6.45, 7) is 3.18. The lowest BCUT2D eigenvalue weighted by molar-refractivity contribution is -0.141. The quantitative estimate of drug-likeness (QED) is 0.747. The molecule has 0 aliphatic rings. The normalized spacial score (nSPS) is 14.3. The van der Waals surface area contributed by atoms with Crippen molar-refractivity contribution < 1.29 is 19.8 Å². The largest absolute Gasteiger partial charge is 0.480 e. The second-order valence-electron chi connectivity index (χ2n) is 4.19. The van der Waals surface area contributed by atoms with Crippen molar-refractivity contribution in [1.29, 1.82) is 0 Å². The third kappa shape index (κ3) is 2.59. The van der Waals surface area contributed by atoms with Crippen LogP contribution in [0.5, 0.6) is 0 Å². The summed E-state index contributed by atoms with van der Waals surface area (Å²) in [6, 6.07) is -1.35. The summed E-state index contributed by atoms with van der Waals surface area (Å²) in [4.78, 5) is 27.5. The van der Waals surface area contributed by atoms with E-state index in [0.717, 1.165) is 5.69 Å². The number of rotatable bonds is 4. The highest BCUT2D eigenvalue weighted by molar-refractivity contribution is 7.15. The predicted octanol–water partition coefficient (Wildman–Crippen LogP) is 0.268.